The average Bonchev–Trinajstić information content (AvgIpc) is 2.52. The molecule has 0 amide bonds. The Labute approximate surface area is 69.9 Å². The molecular formula is C7H6N4O. The molecule has 0 aliphatic heterocycles. The first-order chi connectivity index (χ1) is 6.25. The lowest BCUT2D eigenvalue weighted by atomic mass is 10.5. The van der Waals surface area contributed by atoms with Crippen molar-refractivity contribution in [3.05, 3.63) is 24.3 Å². The van der Waals surface area contributed by atoms with E-state index in [9.17, 15) is 0 Å². The van der Waals surface area contributed by atoms with Gasteiger partial charge in [0.05, 0.1) is 1.37 Å². The zero-order valence-corrected chi connectivity index (χ0v) is 6.35. The predicted octanol–water partition coefficient (Wildman–Crippen LogP) is 0.835. The number of hydrogen-bond acceptors (Lipinski definition) is 5. The van der Waals surface area contributed by atoms with Crippen LogP contribution in [0.4, 0.5) is 0 Å². The van der Waals surface area contributed by atoms with Gasteiger partial charge in [-0.2, -0.15) is 4.98 Å². The quantitative estimate of drug-likeness (QED) is 0.623. The van der Waals surface area contributed by atoms with Crippen molar-refractivity contribution in [2.45, 2.75) is 6.92 Å². The normalized spacial score (nSPS) is 11.2. The maximum absolute atomic E-state index is 7.25. The highest BCUT2D eigenvalue weighted by Gasteiger charge is 2.06. The summed E-state index contributed by atoms with van der Waals surface area (Å²) in [4.78, 5) is 11.6. The molecule has 0 unspecified atom stereocenters. The molecule has 0 atom stereocenters. The number of nitrogens with zero attached hydrogens (tertiary/aromatic N) is 4. The second-order valence-electron chi connectivity index (χ2n) is 2.16. The van der Waals surface area contributed by atoms with Gasteiger partial charge in [0.15, 0.2) is 5.82 Å². The smallest absolute Gasteiger partial charge is 0.295 e. The van der Waals surface area contributed by atoms with Crippen molar-refractivity contribution in [3.8, 4) is 11.7 Å². The highest BCUT2D eigenvalue weighted by Crippen LogP contribution is 2.08. The molecule has 0 aliphatic carbocycles. The van der Waals surface area contributed by atoms with Crippen LogP contribution in [0, 0.1) is 6.92 Å². The summed E-state index contributed by atoms with van der Waals surface area (Å²) >= 11 is 0. The van der Waals surface area contributed by atoms with Crippen molar-refractivity contribution in [2.24, 2.45) is 0 Å². The van der Waals surface area contributed by atoms with Crippen LogP contribution in [0.3, 0.4) is 0 Å². The Morgan fingerprint density at radius 1 is 1.50 bits per heavy atom. The molecule has 0 saturated carbocycles. The molecule has 2 heterocycles. The van der Waals surface area contributed by atoms with Gasteiger partial charge in [0.1, 0.15) is 0 Å². The molecule has 12 heavy (non-hydrogen) atoms. The topological polar surface area (TPSA) is 64.7 Å². The summed E-state index contributed by atoms with van der Waals surface area (Å²) in [6.07, 6.45) is 1.60. The van der Waals surface area contributed by atoms with Gasteiger partial charge in [0.2, 0.25) is 5.82 Å². The maximum Gasteiger partial charge on any atom is 0.295 e. The summed E-state index contributed by atoms with van der Waals surface area (Å²) in [5, 5.41) is 3.60. The SMILES string of the molecule is [2H]c1ccnc(-c2nc(C)no2)n1. The fourth-order valence-corrected chi connectivity index (χ4v) is 0.759. The molecule has 2 aromatic rings. The fourth-order valence-electron chi connectivity index (χ4n) is 0.759. The fraction of sp³-hybridized carbons (Fsp3) is 0.143. The third kappa shape index (κ3) is 1.16. The van der Waals surface area contributed by atoms with Crippen LogP contribution in [-0.4, -0.2) is 20.1 Å². The van der Waals surface area contributed by atoms with Crippen LogP contribution >= 0.6 is 0 Å². The van der Waals surface area contributed by atoms with Crippen LogP contribution in [0.15, 0.2) is 23.0 Å². The van der Waals surface area contributed by atoms with Crippen LogP contribution in [-0.2, 0) is 0 Å². The van der Waals surface area contributed by atoms with Crippen molar-refractivity contribution in [3.63, 3.8) is 0 Å². The zero-order valence-electron chi connectivity index (χ0n) is 7.35. The highest BCUT2D eigenvalue weighted by molar-refractivity contribution is 5.37. The van der Waals surface area contributed by atoms with Gasteiger partial charge >= 0.3 is 0 Å². The van der Waals surface area contributed by atoms with E-state index in [4.69, 9.17) is 5.89 Å². The monoisotopic (exact) mass is 163 g/mol. The van der Waals surface area contributed by atoms with E-state index in [1.54, 1.807) is 6.92 Å². The van der Waals surface area contributed by atoms with Crippen LogP contribution < -0.4 is 0 Å². The molecule has 5 nitrogen and oxygen atoms in total. The number of aryl methyl sites for hydroxylation is 1. The molecule has 0 fully saturated rings. The van der Waals surface area contributed by atoms with Gasteiger partial charge < -0.3 is 4.52 Å². The maximum atomic E-state index is 7.25. The van der Waals surface area contributed by atoms with Gasteiger partial charge in [-0.3, -0.25) is 0 Å². The van der Waals surface area contributed by atoms with Gasteiger partial charge in [-0.1, -0.05) is 5.16 Å². The van der Waals surface area contributed by atoms with Crippen LogP contribution in [0.25, 0.3) is 11.7 Å². The lowest BCUT2D eigenvalue weighted by Crippen LogP contribution is -1.86. The predicted molar refractivity (Wildman–Crippen MR) is 40.1 cm³/mol. The van der Waals surface area contributed by atoms with Crippen LogP contribution in [0.1, 0.15) is 7.20 Å². The average molecular weight is 163 g/mol. The second kappa shape index (κ2) is 2.69. The molecule has 0 radical (unpaired) electrons. The molecule has 2 rings (SSSR count). The van der Waals surface area contributed by atoms with E-state index in [1.165, 1.54) is 12.3 Å². The third-order valence-electron chi connectivity index (χ3n) is 1.24. The molecule has 60 valence electrons. The number of hydrogen-bond donors (Lipinski definition) is 0. The molecular weight excluding hydrogens is 156 g/mol. The van der Waals surface area contributed by atoms with Crippen molar-refractivity contribution in [2.75, 3.05) is 0 Å². The van der Waals surface area contributed by atoms with E-state index in [0.29, 0.717) is 5.82 Å². The Morgan fingerprint density at radius 2 is 2.42 bits per heavy atom. The first-order valence-electron chi connectivity index (χ1n) is 3.86. The number of rotatable bonds is 1. The van der Waals surface area contributed by atoms with E-state index < -0.39 is 0 Å². The Balaban J connectivity index is 2.46. The lowest BCUT2D eigenvalue weighted by Gasteiger charge is -1.87. The molecule has 0 N–H and O–H groups in total. The lowest BCUT2D eigenvalue weighted by molar-refractivity contribution is 0.423. The minimum atomic E-state index is 0.126. The highest BCUT2D eigenvalue weighted by atomic mass is 16.5. The summed E-state index contributed by atoms with van der Waals surface area (Å²) in [5.74, 6) is 1.05. The summed E-state index contributed by atoms with van der Waals surface area (Å²) in [7, 11) is 0. The summed E-state index contributed by atoms with van der Waals surface area (Å²) in [5.41, 5.74) is 0. The largest absolute Gasteiger partial charge is 0.330 e. The molecule has 0 aromatic carbocycles. The van der Waals surface area contributed by atoms with Crippen molar-refractivity contribution in [1.29, 1.82) is 0 Å². The van der Waals surface area contributed by atoms with E-state index in [1.807, 2.05) is 0 Å². The standard InChI is InChI=1S/C7H6N4O/c1-5-10-7(12-11-5)6-8-3-2-4-9-6/h2-4H,1H3/i3D. The first kappa shape index (κ1) is 5.82. The molecule has 0 bridgehead atoms. The van der Waals surface area contributed by atoms with Crippen molar-refractivity contribution >= 4 is 0 Å². The minimum Gasteiger partial charge on any atom is -0.330 e. The molecule has 5 heteroatoms. The number of aromatic nitrogens is 4. The van der Waals surface area contributed by atoms with Crippen molar-refractivity contribution in [1.82, 2.24) is 20.1 Å². The van der Waals surface area contributed by atoms with Gasteiger partial charge in [-0.15, -0.1) is 0 Å². The molecule has 0 spiro atoms. The van der Waals surface area contributed by atoms with Crippen LogP contribution in [0.5, 0.6) is 0 Å². The summed E-state index contributed by atoms with van der Waals surface area (Å²) in [6.45, 7) is 1.71. The van der Waals surface area contributed by atoms with E-state index in [-0.39, 0.29) is 17.9 Å². The molecule has 2 aromatic heterocycles. The summed E-state index contributed by atoms with van der Waals surface area (Å²) < 4.78 is 12.1. The molecule has 0 saturated heterocycles. The zero-order chi connectivity index (χ0) is 9.26. The van der Waals surface area contributed by atoms with E-state index in [0.717, 1.165) is 0 Å². The summed E-state index contributed by atoms with van der Waals surface area (Å²) in [6, 6.07) is 1.48. The van der Waals surface area contributed by atoms with E-state index >= 15 is 0 Å². The van der Waals surface area contributed by atoms with E-state index in [2.05, 4.69) is 20.1 Å². The Bertz CT molecular complexity index is 428. The van der Waals surface area contributed by atoms with Gasteiger partial charge in [0, 0.05) is 12.4 Å². The van der Waals surface area contributed by atoms with Gasteiger partial charge in [-0.05, 0) is 13.0 Å². The second-order valence-corrected chi connectivity index (χ2v) is 2.16. The van der Waals surface area contributed by atoms with Gasteiger partial charge in [-0.25, -0.2) is 9.97 Å². The Morgan fingerprint density at radius 3 is 3.08 bits per heavy atom. The minimum absolute atomic E-state index is 0.126. The Kier molecular flexibility index (Phi) is 1.30. The van der Waals surface area contributed by atoms with Gasteiger partial charge in [0.25, 0.3) is 5.89 Å². The van der Waals surface area contributed by atoms with Crippen molar-refractivity contribution < 1.29 is 5.89 Å². The third-order valence-corrected chi connectivity index (χ3v) is 1.24. The first-order valence-corrected chi connectivity index (χ1v) is 3.36. The Hall–Kier alpha value is -1.78. The molecule has 0 aliphatic rings. The van der Waals surface area contributed by atoms with Crippen LogP contribution in [0.2, 0.25) is 0 Å².